The zero-order chi connectivity index (χ0) is 14.5. The van der Waals surface area contributed by atoms with E-state index in [4.69, 9.17) is 9.31 Å². The highest BCUT2D eigenvalue weighted by Crippen LogP contribution is 2.33. The first-order chi connectivity index (χ1) is 8.67. The molecule has 0 N–H and O–H groups in total. The second kappa shape index (κ2) is 7.13. The van der Waals surface area contributed by atoms with E-state index in [1.165, 1.54) is 32.1 Å². The highest BCUT2D eigenvalue weighted by Gasteiger charge is 2.33. The molecular weight excluding hydrogens is 235 g/mol. The van der Waals surface area contributed by atoms with Crippen LogP contribution in [-0.2, 0) is 9.31 Å². The second-order valence-corrected chi connectivity index (χ2v) is 8.51. The van der Waals surface area contributed by atoms with Crippen molar-refractivity contribution < 1.29 is 9.31 Å². The Morgan fingerprint density at radius 1 is 0.789 bits per heavy atom. The van der Waals surface area contributed by atoms with E-state index in [1.807, 2.05) is 0 Å². The summed E-state index contributed by atoms with van der Waals surface area (Å²) in [5.41, 5.74) is 0.413. The van der Waals surface area contributed by atoms with E-state index in [-0.39, 0.29) is 17.9 Å². The topological polar surface area (TPSA) is 18.5 Å². The normalized spacial score (nSPS) is 18.6. The molecule has 0 aliphatic heterocycles. The lowest BCUT2D eigenvalue weighted by atomic mass is 9.64. The molecule has 112 valence electrons. The van der Waals surface area contributed by atoms with Crippen LogP contribution in [0.3, 0.4) is 0 Å². The smallest absolute Gasteiger partial charge is 0.410 e. The molecule has 0 aromatic rings. The van der Waals surface area contributed by atoms with E-state index in [0.29, 0.717) is 5.82 Å². The van der Waals surface area contributed by atoms with Crippen molar-refractivity contribution in [1.29, 1.82) is 0 Å². The molecule has 1 saturated carbocycles. The average molecular weight is 268 g/mol. The third-order valence-electron chi connectivity index (χ3n) is 3.40. The van der Waals surface area contributed by atoms with Gasteiger partial charge in [-0.05, 0) is 16.6 Å². The number of hydrogen-bond donors (Lipinski definition) is 0. The summed E-state index contributed by atoms with van der Waals surface area (Å²) in [6, 6.07) is 0. The molecule has 1 aliphatic rings. The molecule has 0 spiro atoms. The molecule has 0 amide bonds. The molecule has 0 bridgehead atoms. The third kappa shape index (κ3) is 7.99. The minimum Gasteiger partial charge on any atom is -0.410 e. The van der Waals surface area contributed by atoms with Gasteiger partial charge in [0.2, 0.25) is 0 Å². The summed E-state index contributed by atoms with van der Waals surface area (Å²) in [5.74, 6) is 0.596. The first-order valence-corrected chi connectivity index (χ1v) is 7.91. The molecule has 0 unspecified atom stereocenters. The van der Waals surface area contributed by atoms with Gasteiger partial charge in [-0.25, -0.2) is 0 Å². The molecule has 0 atom stereocenters. The van der Waals surface area contributed by atoms with E-state index < -0.39 is 0 Å². The maximum absolute atomic E-state index is 6.12. The van der Waals surface area contributed by atoms with Gasteiger partial charge in [0.05, 0.1) is 0 Å². The molecule has 1 aliphatic carbocycles. The van der Waals surface area contributed by atoms with Gasteiger partial charge in [0.1, 0.15) is 0 Å². The summed E-state index contributed by atoms with van der Waals surface area (Å²) in [6.07, 6.45) is 6.57. The van der Waals surface area contributed by atoms with Crippen molar-refractivity contribution in [3.63, 3.8) is 0 Å². The van der Waals surface area contributed by atoms with Gasteiger partial charge in [-0.2, -0.15) is 0 Å². The fraction of sp³-hybridized carbons (Fsp3) is 1.00. The van der Waals surface area contributed by atoms with Crippen LogP contribution in [0.5, 0.6) is 0 Å². The molecule has 1 rings (SSSR count). The van der Waals surface area contributed by atoms with Gasteiger partial charge in [-0.1, -0.05) is 73.6 Å². The highest BCUT2D eigenvalue weighted by atomic mass is 16.6. The van der Waals surface area contributed by atoms with Crippen LogP contribution in [-0.4, -0.2) is 20.3 Å². The van der Waals surface area contributed by atoms with Gasteiger partial charge < -0.3 is 9.31 Å². The fourth-order valence-corrected chi connectivity index (χ4v) is 2.39. The van der Waals surface area contributed by atoms with Crippen LogP contribution in [0.2, 0.25) is 5.82 Å². The number of rotatable bonds is 5. The molecule has 3 heteroatoms. The van der Waals surface area contributed by atoms with Crippen molar-refractivity contribution in [2.24, 2.45) is 10.8 Å². The van der Waals surface area contributed by atoms with Crippen LogP contribution in [0.1, 0.15) is 73.6 Å². The Morgan fingerprint density at radius 2 is 1.21 bits per heavy atom. The fourth-order valence-electron chi connectivity index (χ4n) is 2.39. The minimum atomic E-state index is -0.00116. The van der Waals surface area contributed by atoms with E-state index >= 15 is 0 Å². The lowest BCUT2D eigenvalue weighted by Crippen LogP contribution is -2.36. The van der Waals surface area contributed by atoms with Gasteiger partial charge in [-0.3, -0.25) is 0 Å². The lowest BCUT2D eigenvalue weighted by molar-refractivity contribution is 0.103. The van der Waals surface area contributed by atoms with Gasteiger partial charge >= 0.3 is 7.12 Å². The van der Waals surface area contributed by atoms with Crippen molar-refractivity contribution in [2.45, 2.75) is 79.5 Å². The first-order valence-electron chi connectivity index (χ1n) is 7.91. The Balaban J connectivity index is 2.51. The van der Waals surface area contributed by atoms with Crippen molar-refractivity contribution in [1.82, 2.24) is 0 Å². The maximum atomic E-state index is 6.12. The molecule has 0 saturated heterocycles. The Morgan fingerprint density at radius 3 is 1.58 bits per heavy atom. The zero-order valence-corrected chi connectivity index (χ0v) is 13.9. The van der Waals surface area contributed by atoms with Crippen LogP contribution in [0.15, 0.2) is 0 Å². The van der Waals surface area contributed by atoms with Crippen molar-refractivity contribution in [2.75, 3.05) is 13.2 Å². The van der Waals surface area contributed by atoms with Crippen molar-refractivity contribution in [3.8, 4) is 0 Å². The van der Waals surface area contributed by atoms with Gasteiger partial charge in [-0.15, -0.1) is 0 Å². The molecule has 1 fully saturated rings. The summed E-state index contributed by atoms with van der Waals surface area (Å²) in [6.45, 7) is 14.9. The molecule has 2 nitrogen and oxygen atoms in total. The lowest BCUT2D eigenvalue weighted by Gasteiger charge is -2.31. The Hall–Kier alpha value is -0.0151. The molecule has 0 aromatic carbocycles. The third-order valence-corrected chi connectivity index (χ3v) is 3.40. The second-order valence-electron chi connectivity index (χ2n) is 8.51. The van der Waals surface area contributed by atoms with Gasteiger partial charge in [0.25, 0.3) is 0 Å². The Bertz CT molecular complexity index is 228. The predicted molar refractivity (Wildman–Crippen MR) is 83.4 cm³/mol. The molecule has 19 heavy (non-hydrogen) atoms. The summed E-state index contributed by atoms with van der Waals surface area (Å²) >= 11 is 0. The van der Waals surface area contributed by atoms with Crippen molar-refractivity contribution >= 4 is 7.12 Å². The van der Waals surface area contributed by atoms with Crippen LogP contribution < -0.4 is 0 Å². The summed E-state index contributed by atoms with van der Waals surface area (Å²) in [4.78, 5) is 0. The predicted octanol–water partition coefficient (Wildman–Crippen LogP) is 4.93. The van der Waals surface area contributed by atoms with Crippen LogP contribution >= 0.6 is 0 Å². The summed E-state index contributed by atoms with van der Waals surface area (Å²) in [7, 11) is -0.00116. The SMILES string of the molecule is CC(C)(C)COB(OCC(C)(C)C)C1CCCCC1. The van der Waals surface area contributed by atoms with Gasteiger partial charge in [0.15, 0.2) is 0 Å². The van der Waals surface area contributed by atoms with Gasteiger partial charge in [0, 0.05) is 13.2 Å². The Labute approximate surface area is 120 Å². The monoisotopic (exact) mass is 268 g/mol. The summed E-state index contributed by atoms with van der Waals surface area (Å²) in [5, 5.41) is 0. The quantitative estimate of drug-likeness (QED) is 0.658. The molecule has 0 radical (unpaired) electrons. The average Bonchev–Trinajstić information content (AvgIpc) is 2.27. The minimum absolute atomic E-state index is 0.00116. The highest BCUT2D eigenvalue weighted by molar-refractivity contribution is 6.46. The first kappa shape index (κ1) is 17.0. The molecule has 0 aromatic heterocycles. The Kier molecular flexibility index (Phi) is 6.39. The zero-order valence-electron chi connectivity index (χ0n) is 13.9. The van der Waals surface area contributed by atoms with E-state index in [0.717, 1.165) is 13.2 Å². The van der Waals surface area contributed by atoms with E-state index in [2.05, 4.69) is 41.5 Å². The molecular formula is C16H33BO2. The standard InChI is InChI=1S/C16H33BO2/c1-15(2,3)12-18-17(19-13-16(4,5)6)14-10-8-7-9-11-14/h14H,7-13H2,1-6H3. The largest absolute Gasteiger partial charge is 0.460 e. The van der Waals surface area contributed by atoms with Crippen LogP contribution in [0, 0.1) is 10.8 Å². The van der Waals surface area contributed by atoms with Crippen LogP contribution in [0.4, 0.5) is 0 Å². The number of hydrogen-bond acceptors (Lipinski definition) is 2. The van der Waals surface area contributed by atoms with E-state index in [1.54, 1.807) is 0 Å². The van der Waals surface area contributed by atoms with Crippen molar-refractivity contribution in [3.05, 3.63) is 0 Å². The maximum Gasteiger partial charge on any atom is 0.460 e. The summed E-state index contributed by atoms with van der Waals surface area (Å²) < 4.78 is 12.2. The molecule has 0 heterocycles. The van der Waals surface area contributed by atoms with E-state index in [9.17, 15) is 0 Å². The van der Waals surface area contributed by atoms with Crippen LogP contribution in [0.25, 0.3) is 0 Å².